The minimum absolute atomic E-state index is 0.167. The molecule has 0 atom stereocenters. The molecule has 0 bridgehead atoms. The number of carbonyl (C=O) groups excluding carboxylic acids is 2. The van der Waals surface area contributed by atoms with Crippen molar-refractivity contribution >= 4 is 34.8 Å². The van der Waals surface area contributed by atoms with Gasteiger partial charge in [0.05, 0.1) is 0 Å². The van der Waals surface area contributed by atoms with E-state index in [1.165, 1.54) is 0 Å². The highest BCUT2D eigenvalue weighted by Crippen LogP contribution is 2.44. The van der Waals surface area contributed by atoms with E-state index in [0.717, 1.165) is 0 Å². The van der Waals surface area contributed by atoms with Gasteiger partial charge in [-0.3, -0.25) is 9.59 Å². The fraction of sp³-hybridized carbons (Fsp3) is 0.571. The summed E-state index contributed by atoms with van der Waals surface area (Å²) < 4.78 is 0. The largest absolute Gasteiger partial charge is 0.288 e. The Hall–Kier alpha value is -0.600. The van der Waals surface area contributed by atoms with Crippen LogP contribution in [0.25, 0.3) is 0 Å². The van der Waals surface area contributed by atoms with Crippen molar-refractivity contribution in [1.82, 2.24) is 0 Å². The van der Waals surface area contributed by atoms with Gasteiger partial charge in [0.15, 0.2) is 0 Å². The molecule has 1 aliphatic carbocycles. The lowest BCUT2D eigenvalue weighted by atomic mass is 9.70. The molecule has 1 rings (SSSR count). The Balaban J connectivity index is 3.67. The number of ketones is 2. The van der Waals surface area contributed by atoms with Crippen LogP contribution in [0.1, 0.15) is 41.5 Å². The van der Waals surface area contributed by atoms with Crippen molar-refractivity contribution in [2.45, 2.75) is 41.5 Å². The van der Waals surface area contributed by atoms with Gasteiger partial charge in [-0.15, -0.1) is 0 Å². The molecule has 4 heteroatoms. The summed E-state index contributed by atoms with van der Waals surface area (Å²) in [7, 11) is 0. The number of Topliss-reactive ketones (excluding diaryl/α,β-unsaturated/α-hetero) is 2. The van der Waals surface area contributed by atoms with Gasteiger partial charge in [-0.05, 0) is 10.8 Å². The van der Waals surface area contributed by atoms with Gasteiger partial charge in [0.1, 0.15) is 10.1 Å². The molecule has 100 valence electrons. The maximum atomic E-state index is 12.3. The highest BCUT2D eigenvalue weighted by atomic mass is 35.5. The quantitative estimate of drug-likeness (QED) is 0.626. The van der Waals surface area contributed by atoms with E-state index in [9.17, 15) is 9.59 Å². The van der Waals surface area contributed by atoms with Crippen molar-refractivity contribution in [3.8, 4) is 0 Å². The van der Waals surface area contributed by atoms with Crippen LogP contribution in [-0.2, 0) is 9.59 Å². The minimum Gasteiger partial charge on any atom is -0.288 e. The van der Waals surface area contributed by atoms with Gasteiger partial charge in [0, 0.05) is 11.1 Å². The molecule has 0 amide bonds. The second-order valence-electron chi connectivity index (χ2n) is 6.54. The number of carbonyl (C=O) groups is 2. The van der Waals surface area contributed by atoms with Gasteiger partial charge in [-0.1, -0.05) is 64.7 Å². The molecule has 0 unspecified atom stereocenters. The third-order valence-corrected chi connectivity index (χ3v) is 3.61. The van der Waals surface area contributed by atoms with Crippen LogP contribution < -0.4 is 0 Å². The summed E-state index contributed by atoms with van der Waals surface area (Å²) in [5, 5.41) is -0.334. The summed E-state index contributed by atoms with van der Waals surface area (Å²) in [6.07, 6.45) is 0. The number of halogens is 2. The molecule has 0 spiro atoms. The summed E-state index contributed by atoms with van der Waals surface area (Å²) >= 11 is 11.7. The Morgan fingerprint density at radius 1 is 0.667 bits per heavy atom. The zero-order valence-electron chi connectivity index (χ0n) is 11.6. The van der Waals surface area contributed by atoms with Crippen LogP contribution in [0.2, 0.25) is 0 Å². The van der Waals surface area contributed by atoms with Crippen molar-refractivity contribution < 1.29 is 9.59 Å². The first-order chi connectivity index (χ1) is 7.89. The van der Waals surface area contributed by atoms with Gasteiger partial charge >= 0.3 is 0 Å². The number of rotatable bonds is 0. The molecule has 1 aliphatic rings. The summed E-state index contributed by atoms with van der Waals surface area (Å²) in [6.45, 7) is 11.3. The topological polar surface area (TPSA) is 34.1 Å². The fourth-order valence-corrected chi connectivity index (χ4v) is 2.44. The van der Waals surface area contributed by atoms with Crippen LogP contribution in [0, 0.1) is 10.8 Å². The van der Waals surface area contributed by atoms with Gasteiger partial charge in [0.25, 0.3) is 0 Å². The third kappa shape index (κ3) is 2.55. The van der Waals surface area contributed by atoms with Gasteiger partial charge in [0.2, 0.25) is 11.6 Å². The highest BCUT2D eigenvalue weighted by Gasteiger charge is 2.42. The second kappa shape index (κ2) is 4.50. The van der Waals surface area contributed by atoms with Gasteiger partial charge in [-0.2, -0.15) is 0 Å². The lowest BCUT2D eigenvalue weighted by Gasteiger charge is -2.34. The molecule has 0 fully saturated rings. The molecule has 0 saturated carbocycles. The van der Waals surface area contributed by atoms with Crippen molar-refractivity contribution in [1.29, 1.82) is 0 Å². The van der Waals surface area contributed by atoms with Crippen molar-refractivity contribution in [3.63, 3.8) is 0 Å². The predicted octanol–water partition coefficient (Wildman–Crippen LogP) is 4.22. The molecule has 0 aromatic carbocycles. The first kappa shape index (κ1) is 15.5. The third-order valence-electron chi connectivity index (χ3n) is 2.80. The lowest BCUT2D eigenvalue weighted by molar-refractivity contribution is -0.117. The van der Waals surface area contributed by atoms with Crippen molar-refractivity contribution in [3.05, 3.63) is 21.2 Å². The summed E-state index contributed by atoms with van der Waals surface area (Å²) in [6, 6.07) is 0. The van der Waals surface area contributed by atoms with Gasteiger partial charge < -0.3 is 0 Å². The molecule has 0 aromatic heterocycles. The Morgan fingerprint density at radius 2 is 0.889 bits per heavy atom. The number of hydrogen-bond donors (Lipinski definition) is 0. The molecule has 0 aromatic rings. The Kier molecular flexibility index (Phi) is 3.86. The average Bonchev–Trinajstić information content (AvgIpc) is 2.16. The SMILES string of the molecule is CC(C)(C)C1=C(C(C)(C)C)C(=O)C(Cl)=C(Cl)C1=O. The molecule has 2 nitrogen and oxygen atoms in total. The maximum Gasteiger partial charge on any atom is 0.202 e. The lowest BCUT2D eigenvalue weighted by Crippen LogP contribution is -2.33. The van der Waals surface area contributed by atoms with Crippen LogP contribution in [-0.4, -0.2) is 11.6 Å². The number of hydrogen-bond acceptors (Lipinski definition) is 2. The van der Waals surface area contributed by atoms with Crippen LogP contribution in [0.15, 0.2) is 21.2 Å². The molecule has 18 heavy (non-hydrogen) atoms. The average molecular weight is 289 g/mol. The van der Waals surface area contributed by atoms with Gasteiger partial charge in [-0.25, -0.2) is 0 Å². The highest BCUT2D eigenvalue weighted by molar-refractivity contribution is 6.59. The van der Waals surface area contributed by atoms with E-state index in [1.54, 1.807) is 0 Å². The van der Waals surface area contributed by atoms with Crippen molar-refractivity contribution in [2.75, 3.05) is 0 Å². The summed E-state index contributed by atoms with van der Waals surface area (Å²) in [5.74, 6) is -0.669. The van der Waals surface area contributed by atoms with E-state index < -0.39 is 10.8 Å². The molecule has 0 saturated heterocycles. The zero-order chi connectivity index (χ0) is 14.5. The molecule has 0 N–H and O–H groups in total. The monoisotopic (exact) mass is 288 g/mol. The number of allylic oxidation sites excluding steroid dienone is 4. The Labute approximate surface area is 118 Å². The van der Waals surface area contributed by atoms with E-state index >= 15 is 0 Å². The smallest absolute Gasteiger partial charge is 0.202 e. The van der Waals surface area contributed by atoms with E-state index in [-0.39, 0.29) is 21.6 Å². The maximum absolute atomic E-state index is 12.3. The summed E-state index contributed by atoms with van der Waals surface area (Å²) in [5.41, 5.74) is 0.0315. The minimum atomic E-state index is -0.451. The fourth-order valence-electron chi connectivity index (χ4n) is 2.08. The molecular weight excluding hydrogens is 271 g/mol. The first-order valence-electron chi connectivity index (χ1n) is 5.79. The van der Waals surface area contributed by atoms with E-state index in [0.29, 0.717) is 11.1 Å². The second-order valence-corrected chi connectivity index (χ2v) is 7.29. The van der Waals surface area contributed by atoms with Crippen molar-refractivity contribution in [2.24, 2.45) is 10.8 Å². The van der Waals surface area contributed by atoms with E-state index in [4.69, 9.17) is 23.2 Å². The Morgan fingerprint density at radius 3 is 1.06 bits per heavy atom. The first-order valence-corrected chi connectivity index (χ1v) is 6.54. The molecule has 0 aliphatic heterocycles. The van der Waals surface area contributed by atoms with Crippen LogP contribution >= 0.6 is 23.2 Å². The summed E-state index contributed by atoms with van der Waals surface area (Å²) in [4.78, 5) is 24.6. The molecule has 0 heterocycles. The Bertz CT molecular complexity index is 439. The molecule has 0 radical (unpaired) electrons. The van der Waals surface area contributed by atoms with E-state index in [1.807, 2.05) is 41.5 Å². The van der Waals surface area contributed by atoms with Crippen LogP contribution in [0.5, 0.6) is 0 Å². The van der Waals surface area contributed by atoms with E-state index in [2.05, 4.69) is 0 Å². The van der Waals surface area contributed by atoms with Crippen LogP contribution in [0.4, 0.5) is 0 Å². The van der Waals surface area contributed by atoms with Crippen LogP contribution in [0.3, 0.4) is 0 Å². The zero-order valence-corrected chi connectivity index (χ0v) is 13.1. The molecular formula is C14H18Cl2O2. The standard InChI is InChI=1S/C14H18Cl2O2/c1-13(2,3)7-8(14(4,5)6)12(18)10(16)9(15)11(7)17/h1-6H3. The normalized spacial score (nSPS) is 18.9. The predicted molar refractivity (Wildman–Crippen MR) is 74.7 cm³/mol.